The standard InChI is InChI=1S/C26H30FN3O3/c27-18-3-1-2-17(10-18)19-8-9-22-23-20(13-29(22)26(19)33)21(14-31)24(30(23)12-16-6-7-16)25(32)28-11-15-4-5-15/h1-3,8-10,15-16,20-21,23-24,31H,4-7,11-14H2,(H,28,32)/t20-,21-,23+,24-/m1/s1. The van der Waals surface area contributed by atoms with Crippen molar-refractivity contribution in [3.8, 4) is 11.1 Å². The molecule has 1 aromatic carbocycles. The second kappa shape index (κ2) is 8.06. The quantitative estimate of drug-likeness (QED) is 0.679. The molecular formula is C26H30FN3O3. The van der Waals surface area contributed by atoms with E-state index >= 15 is 0 Å². The van der Waals surface area contributed by atoms with E-state index in [1.54, 1.807) is 22.8 Å². The van der Waals surface area contributed by atoms with Crippen LogP contribution in [0.5, 0.6) is 0 Å². The Bertz CT molecular complexity index is 1140. The van der Waals surface area contributed by atoms with Crippen molar-refractivity contribution >= 4 is 5.91 Å². The number of aliphatic hydroxyl groups is 1. The van der Waals surface area contributed by atoms with Crippen molar-refractivity contribution in [3.05, 3.63) is 58.3 Å². The van der Waals surface area contributed by atoms with Gasteiger partial charge in [0, 0.05) is 49.3 Å². The molecule has 2 aliphatic heterocycles. The number of halogens is 1. The fourth-order valence-electron chi connectivity index (χ4n) is 5.96. The topological polar surface area (TPSA) is 74.6 Å². The maximum Gasteiger partial charge on any atom is 0.258 e. The minimum absolute atomic E-state index is 0.000819. The van der Waals surface area contributed by atoms with Gasteiger partial charge in [0.1, 0.15) is 5.82 Å². The van der Waals surface area contributed by atoms with Crippen molar-refractivity contribution in [3.63, 3.8) is 0 Å². The maximum atomic E-state index is 13.8. The minimum Gasteiger partial charge on any atom is -0.396 e. The molecule has 1 aromatic heterocycles. The van der Waals surface area contributed by atoms with E-state index in [0.29, 0.717) is 36.1 Å². The highest BCUT2D eigenvalue weighted by atomic mass is 19.1. The van der Waals surface area contributed by atoms with E-state index in [1.165, 1.54) is 37.8 Å². The lowest BCUT2D eigenvalue weighted by atomic mass is 9.88. The number of carbonyl (C=O) groups excluding carboxylic acids is 1. The number of nitrogens with one attached hydrogen (secondary N) is 1. The third-order valence-electron chi connectivity index (χ3n) is 8.02. The number of rotatable bonds is 7. The Labute approximate surface area is 192 Å². The second-order valence-corrected chi connectivity index (χ2v) is 10.3. The minimum atomic E-state index is -0.370. The Morgan fingerprint density at radius 2 is 1.91 bits per heavy atom. The molecule has 1 saturated heterocycles. The van der Waals surface area contributed by atoms with Gasteiger partial charge in [0.15, 0.2) is 0 Å². The predicted octanol–water partition coefficient (Wildman–Crippen LogP) is 2.55. The number of hydrogen-bond acceptors (Lipinski definition) is 4. The number of pyridine rings is 1. The molecule has 174 valence electrons. The molecule has 33 heavy (non-hydrogen) atoms. The monoisotopic (exact) mass is 451 g/mol. The summed E-state index contributed by atoms with van der Waals surface area (Å²) in [6.07, 6.45) is 4.68. The van der Waals surface area contributed by atoms with Crippen LogP contribution in [0.15, 0.2) is 41.2 Å². The first-order valence-corrected chi connectivity index (χ1v) is 12.2. The van der Waals surface area contributed by atoms with E-state index in [0.717, 1.165) is 12.2 Å². The lowest BCUT2D eigenvalue weighted by Gasteiger charge is -2.31. The number of nitrogens with zero attached hydrogens (tertiary/aromatic N) is 2. The summed E-state index contributed by atoms with van der Waals surface area (Å²) in [5.41, 5.74) is 1.82. The molecule has 4 atom stereocenters. The molecule has 6 nitrogen and oxygen atoms in total. The molecule has 0 radical (unpaired) electrons. The Balaban J connectivity index is 1.36. The van der Waals surface area contributed by atoms with Crippen molar-refractivity contribution < 1.29 is 14.3 Å². The molecular weight excluding hydrogens is 421 g/mol. The van der Waals surface area contributed by atoms with Crippen molar-refractivity contribution in [2.75, 3.05) is 19.7 Å². The highest BCUT2D eigenvalue weighted by Crippen LogP contribution is 2.50. The van der Waals surface area contributed by atoms with Crippen molar-refractivity contribution in [1.82, 2.24) is 14.8 Å². The van der Waals surface area contributed by atoms with E-state index in [1.807, 2.05) is 6.07 Å². The first-order chi connectivity index (χ1) is 16.0. The van der Waals surface area contributed by atoms with E-state index in [4.69, 9.17) is 0 Å². The normalized spacial score (nSPS) is 28.5. The first-order valence-electron chi connectivity index (χ1n) is 12.2. The molecule has 6 rings (SSSR count). The Morgan fingerprint density at radius 3 is 2.61 bits per heavy atom. The van der Waals surface area contributed by atoms with Gasteiger partial charge >= 0.3 is 0 Å². The van der Waals surface area contributed by atoms with Gasteiger partial charge in [-0.3, -0.25) is 14.5 Å². The van der Waals surface area contributed by atoms with Crippen LogP contribution in [0.3, 0.4) is 0 Å². The number of hydrogen-bond donors (Lipinski definition) is 2. The third kappa shape index (κ3) is 3.71. The highest BCUT2D eigenvalue weighted by molar-refractivity contribution is 5.83. The van der Waals surface area contributed by atoms with Crippen LogP contribution in [0.2, 0.25) is 0 Å². The SMILES string of the molecule is O=C(NCC1CC1)[C@H]1[C@H](CO)[C@H]2Cn3c(ccc(-c4cccc(F)c4)c3=O)[C@H]2N1CC1CC1. The van der Waals surface area contributed by atoms with E-state index in [-0.39, 0.29) is 47.8 Å². The van der Waals surface area contributed by atoms with Gasteiger partial charge in [-0.1, -0.05) is 12.1 Å². The van der Waals surface area contributed by atoms with Gasteiger partial charge in [-0.15, -0.1) is 0 Å². The lowest BCUT2D eigenvalue weighted by molar-refractivity contribution is -0.127. The summed E-state index contributed by atoms with van der Waals surface area (Å²) >= 11 is 0. The molecule has 2 aliphatic carbocycles. The molecule has 2 aromatic rings. The van der Waals surface area contributed by atoms with Gasteiger partial charge in [-0.2, -0.15) is 0 Å². The highest BCUT2D eigenvalue weighted by Gasteiger charge is 2.56. The van der Waals surface area contributed by atoms with E-state index in [9.17, 15) is 19.1 Å². The van der Waals surface area contributed by atoms with Gasteiger partial charge in [0.05, 0.1) is 12.1 Å². The zero-order valence-electron chi connectivity index (χ0n) is 18.6. The smallest absolute Gasteiger partial charge is 0.258 e. The van der Waals surface area contributed by atoms with Crippen molar-refractivity contribution in [1.29, 1.82) is 0 Å². The fraction of sp³-hybridized carbons (Fsp3) is 0.538. The van der Waals surface area contributed by atoms with Gasteiger partial charge in [0.2, 0.25) is 5.91 Å². The van der Waals surface area contributed by atoms with Crippen molar-refractivity contribution in [2.24, 2.45) is 23.7 Å². The van der Waals surface area contributed by atoms with Gasteiger partial charge in [0.25, 0.3) is 5.56 Å². The average Bonchev–Trinajstić information content (AvgIpc) is 3.73. The second-order valence-electron chi connectivity index (χ2n) is 10.3. The molecule has 2 saturated carbocycles. The van der Waals surface area contributed by atoms with Gasteiger partial charge < -0.3 is 15.0 Å². The molecule has 0 bridgehead atoms. The molecule has 1 amide bonds. The number of likely N-dealkylation sites (tertiary alicyclic amines) is 1. The van der Waals surface area contributed by atoms with Crippen LogP contribution in [0.1, 0.15) is 37.4 Å². The van der Waals surface area contributed by atoms with Crippen LogP contribution < -0.4 is 10.9 Å². The number of carbonyl (C=O) groups is 1. The Hall–Kier alpha value is -2.51. The summed E-state index contributed by atoms with van der Waals surface area (Å²) in [6, 6.07) is 9.44. The predicted molar refractivity (Wildman–Crippen MR) is 122 cm³/mol. The summed E-state index contributed by atoms with van der Waals surface area (Å²) in [5.74, 6) is 0.603. The third-order valence-corrected chi connectivity index (χ3v) is 8.02. The first kappa shape index (κ1) is 21.1. The molecule has 0 unspecified atom stereocenters. The average molecular weight is 452 g/mol. The molecule has 3 heterocycles. The van der Waals surface area contributed by atoms with Crippen LogP contribution in [-0.2, 0) is 11.3 Å². The molecule has 2 N–H and O–H groups in total. The largest absolute Gasteiger partial charge is 0.396 e. The Kier molecular flexibility index (Phi) is 5.14. The zero-order valence-corrected chi connectivity index (χ0v) is 18.6. The summed E-state index contributed by atoms with van der Waals surface area (Å²) in [4.78, 5) is 29.0. The Morgan fingerprint density at radius 1 is 1.12 bits per heavy atom. The zero-order chi connectivity index (χ0) is 22.7. The lowest BCUT2D eigenvalue weighted by Crippen LogP contribution is -2.49. The summed E-state index contributed by atoms with van der Waals surface area (Å²) in [6.45, 7) is 1.93. The number of aliphatic hydroxyl groups excluding tert-OH is 1. The molecule has 0 spiro atoms. The molecule has 4 aliphatic rings. The fourth-order valence-corrected chi connectivity index (χ4v) is 5.96. The number of amides is 1. The van der Waals surface area contributed by atoms with E-state index < -0.39 is 0 Å². The number of aromatic nitrogens is 1. The van der Waals surface area contributed by atoms with Crippen LogP contribution in [0.4, 0.5) is 4.39 Å². The van der Waals surface area contributed by atoms with Crippen LogP contribution in [0.25, 0.3) is 11.1 Å². The maximum absolute atomic E-state index is 13.8. The van der Waals surface area contributed by atoms with Crippen LogP contribution >= 0.6 is 0 Å². The van der Waals surface area contributed by atoms with Crippen LogP contribution in [0, 0.1) is 29.5 Å². The van der Waals surface area contributed by atoms with E-state index in [2.05, 4.69) is 10.2 Å². The van der Waals surface area contributed by atoms with Crippen LogP contribution in [-0.4, -0.2) is 46.2 Å². The summed E-state index contributed by atoms with van der Waals surface area (Å²) in [5, 5.41) is 13.5. The summed E-state index contributed by atoms with van der Waals surface area (Å²) in [7, 11) is 0. The molecule has 7 heteroatoms. The molecule has 3 fully saturated rings. The number of fused-ring (bicyclic) bond motifs is 3. The summed E-state index contributed by atoms with van der Waals surface area (Å²) < 4.78 is 15.6. The number of benzene rings is 1. The van der Waals surface area contributed by atoms with Gasteiger partial charge in [-0.25, -0.2) is 4.39 Å². The van der Waals surface area contributed by atoms with Gasteiger partial charge in [-0.05, 0) is 67.3 Å². The van der Waals surface area contributed by atoms with Crippen molar-refractivity contribution in [2.45, 2.75) is 44.3 Å².